The Morgan fingerprint density at radius 3 is 2.73 bits per heavy atom. The van der Waals surface area contributed by atoms with Gasteiger partial charge in [-0.3, -0.25) is 9.88 Å². The van der Waals surface area contributed by atoms with Crippen LogP contribution in [0.3, 0.4) is 0 Å². The zero-order chi connectivity index (χ0) is 15.9. The molecule has 2 amide bonds. The largest absolute Gasteiger partial charge is 0.468 e. The summed E-state index contributed by atoms with van der Waals surface area (Å²) in [7, 11) is 3.90. The molecule has 0 bridgehead atoms. The molecule has 2 rings (SSSR count). The van der Waals surface area contributed by atoms with E-state index in [-0.39, 0.29) is 18.1 Å². The molecule has 0 radical (unpaired) electrons. The quantitative estimate of drug-likeness (QED) is 0.859. The highest BCUT2D eigenvalue weighted by molar-refractivity contribution is 5.74. The number of hydrogen-bond acceptors (Lipinski definition) is 4. The van der Waals surface area contributed by atoms with E-state index < -0.39 is 0 Å². The number of carbonyl (C=O) groups excluding carboxylic acids is 1. The molecule has 0 aliphatic rings. The summed E-state index contributed by atoms with van der Waals surface area (Å²) < 4.78 is 5.42. The second kappa shape index (κ2) is 7.61. The van der Waals surface area contributed by atoms with E-state index in [1.165, 1.54) is 0 Å². The number of amides is 2. The first-order valence-electron chi connectivity index (χ1n) is 7.23. The summed E-state index contributed by atoms with van der Waals surface area (Å²) >= 11 is 0. The normalized spacial score (nSPS) is 13.6. The number of hydrogen-bond donors (Lipinski definition) is 2. The molecule has 6 nitrogen and oxygen atoms in total. The number of rotatable bonds is 6. The average molecular weight is 302 g/mol. The first kappa shape index (κ1) is 16.0. The van der Waals surface area contributed by atoms with Gasteiger partial charge >= 0.3 is 6.03 Å². The third kappa shape index (κ3) is 4.33. The lowest BCUT2D eigenvalue weighted by Crippen LogP contribution is -2.41. The standard InChI is InChI=1S/C16H22N4O2/c1-12(13-7-4-5-9-17-13)19-16(21)18-11-14(20(2)3)15-8-6-10-22-15/h4-10,12,14H,11H2,1-3H3,(H2,18,19,21)/t12-,14-/m0/s1. The molecule has 0 spiro atoms. The average Bonchev–Trinajstić information content (AvgIpc) is 3.02. The summed E-state index contributed by atoms with van der Waals surface area (Å²) in [6.45, 7) is 2.36. The molecular formula is C16H22N4O2. The highest BCUT2D eigenvalue weighted by Gasteiger charge is 2.18. The first-order valence-corrected chi connectivity index (χ1v) is 7.23. The van der Waals surface area contributed by atoms with Gasteiger partial charge < -0.3 is 15.1 Å². The summed E-state index contributed by atoms with van der Waals surface area (Å²) in [6, 6.07) is 9.00. The maximum Gasteiger partial charge on any atom is 0.315 e. The number of nitrogens with one attached hydrogen (secondary N) is 2. The third-order valence-electron chi connectivity index (χ3n) is 3.43. The van der Waals surface area contributed by atoms with Gasteiger partial charge in [0.2, 0.25) is 0 Å². The molecule has 2 N–H and O–H groups in total. The second-order valence-corrected chi connectivity index (χ2v) is 5.33. The Bertz CT molecular complexity index is 569. The zero-order valence-corrected chi connectivity index (χ0v) is 13.1. The first-order chi connectivity index (χ1) is 10.6. The molecule has 6 heteroatoms. The van der Waals surface area contributed by atoms with E-state index in [0.29, 0.717) is 6.54 Å². The Morgan fingerprint density at radius 2 is 2.14 bits per heavy atom. The van der Waals surface area contributed by atoms with Crippen LogP contribution in [0.1, 0.15) is 30.5 Å². The topological polar surface area (TPSA) is 70.4 Å². The Kier molecular flexibility index (Phi) is 5.55. The van der Waals surface area contributed by atoms with Crippen molar-refractivity contribution in [2.45, 2.75) is 19.0 Å². The summed E-state index contributed by atoms with van der Waals surface area (Å²) in [5.74, 6) is 0.822. The van der Waals surface area contributed by atoms with Gasteiger partial charge in [-0.2, -0.15) is 0 Å². The van der Waals surface area contributed by atoms with Crippen LogP contribution in [0, 0.1) is 0 Å². The SMILES string of the molecule is C[C@H](NC(=O)NC[C@@H](c1ccco1)N(C)C)c1ccccn1. The van der Waals surface area contributed by atoms with Crippen LogP contribution in [0.4, 0.5) is 4.79 Å². The molecule has 0 fully saturated rings. The Labute approximate surface area is 130 Å². The van der Waals surface area contributed by atoms with Gasteiger partial charge in [0.05, 0.1) is 24.0 Å². The van der Waals surface area contributed by atoms with Crippen molar-refractivity contribution in [3.8, 4) is 0 Å². The number of nitrogens with zero attached hydrogens (tertiary/aromatic N) is 2. The van der Waals surface area contributed by atoms with Crippen LogP contribution in [-0.2, 0) is 0 Å². The van der Waals surface area contributed by atoms with E-state index in [9.17, 15) is 4.79 Å². The van der Waals surface area contributed by atoms with Crippen molar-refractivity contribution in [1.29, 1.82) is 0 Å². The summed E-state index contributed by atoms with van der Waals surface area (Å²) in [4.78, 5) is 18.3. The fourth-order valence-electron chi connectivity index (χ4n) is 2.16. The zero-order valence-electron chi connectivity index (χ0n) is 13.1. The number of carbonyl (C=O) groups is 1. The molecule has 0 saturated carbocycles. The Morgan fingerprint density at radius 1 is 1.32 bits per heavy atom. The van der Waals surface area contributed by atoms with Gasteiger partial charge in [0, 0.05) is 12.7 Å². The molecule has 2 aromatic heterocycles. The molecule has 0 aliphatic heterocycles. The Balaban J connectivity index is 1.86. The van der Waals surface area contributed by atoms with Crippen molar-refractivity contribution in [3.05, 3.63) is 54.2 Å². The highest BCUT2D eigenvalue weighted by atomic mass is 16.3. The molecule has 118 valence electrons. The van der Waals surface area contributed by atoms with E-state index in [1.54, 1.807) is 12.5 Å². The van der Waals surface area contributed by atoms with Crippen molar-refractivity contribution in [2.24, 2.45) is 0 Å². The van der Waals surface area contributed by atoms with Gasteiger partial charge in [-0.1, -0.05) is 6.07 Å². The minimum atomic E-state index is -0.225. The molecule has 2 heterocycles. The number of aromatic nitrogens is 1. The summed E-state index contributed by atoms with van der Waals surface area (Å²) in [6.07, 6.45) is 3.35. The fourth-order valence-corrected chi connectivity index (χ4v) is 2.16. The maximum atomic E-state index is 12.0. The van der Waals surface area contributed by atoms with Gasteiger partial charge in [0.15, 0.2) is 0 Å². The van der Waals surface area contributed by atoms with Crippen LogP contribution in [0.2, 0.25) is 0 Å². The fraction of sp³-hybridized carbons (Fsp3) is 0.375. The lowest BCUT2D eigenvalue weighted by atomic mass is 10.2. The predicted octanol–water partition coefficient (Wildman–Crippen LogP) is 2.34. The van der Waals surface area contributed by atoms with Crippen LogP contribution in [-0.4, -0.2) is 36.6 Å². The van der Waals surface area contributed by atoms with Gasteiger partial charge in [0.1, 0.15) is 5.76 Å². The number of furan rings is 1. The molecule has 0 unspecified atom stereocenters. The molecular weight excluding hydrogens is 280 g/mol. The van der Waals surface area contributed by atoms with Gasteiger partial charge in [-0.05, 0) is 45.3 Å². The van der Waals surface area contributed by atoms with Crippen LogP contribution >= 0.6 is 0 Å². The van der Waals surface area contributed by atoms with Gasteiger partial charge in [-0.15, -0.1) is 0 Å². The Hall–Kier alpha value is -2.34. The van der Waals surface area contributed by atoms with E-state index in [1.807, 2.05) is 56.3 Å². The maximum absolute atomic E-state index is 12.0. The molecule has 2 aromatic rings. The highest BCUT2D eigenvalue weighted by Crippen LogP contribution is 2.17. The van der Waals surface area contributed by atoms with Crippen molar-refractivity contribution < 1.29 is 9.21 Å². The molecule has 0 aromatic carbocycles. The van der Waals surface area contributed by atoms with Crippen molar-refractivity contribution in [1.82, 2.24) is 20.5 Å². The van der Waals surface area contributed by atoms with E-state index in [4.69, 9.17) is 4.42 Å². The van der Waals surface area contributed by atoms with Crippen molar-refractivity contribution in [2.75, 3.05) is 20.6 Å². The number of pyridine rings is 1. The monoisotopic (exact) mass is 302 g/mol. The molecule has 2 atom stereocenters. The van der Waals surface area contributed by atoms with Crippen LogP contribution in [0.15, 0.2) is 47.2 Å². The third-order valence-corrected chi connectivity index (χ3v) is 3.43. The smallest absolute Gasteiger partial charge is 0.315 e. The molecule has 0 saturated heterocycles. The lowest BCUT2D eigenvalue weighted by Gasteiger charge is -2.23. The minimum Gasteiger partial charge on any atom is -0.468 e. The van der Waals surface area contributed by atoms with Crippen molar-refractivity contribution >= 4 is 6.03 Å². The lowest BCUT2D eigenvalue weighted by molar-refractivity contribution is 0.223. The molecule has 22 heavy (non-hydrogen) atoms. The van der Waals surface area contributed by atoms with E-state index in [2.05, 4.69) is 15.6 Å². The van der Waals surface area contributed by atoms with E-state index >= 15 is 0 Å². The van der Waals surface area contributed by atoms with E-state index in [0.717, 1.165) is 11.5 Å². The minimum absolute atomic E-state index is 0.00842. The van der Waals surface area contributed by atoms with Crippen molar-refractivity contribution in [3.63, 3.8) is 0 Å². The number of urea groups is 1. The second-order valence-electron chi connectivity index (χ2n) is 5.33. The molecule has 0 aliphatic carbocycles. The van der Waals surface area contributed by atoms with Crippen LogP contribution in [0.25, 0.3) is 0 Å². The van der Waals surface area contributed by atoms with Crippen LogP contribution < -0.4 is 10.6 Å². The summed E-state index contributed by atoms with van der Waals surface area (Å²) in [5, 5.41) is 5.75. The van der Waals surface area contributed by atoms with Gasteiger partial charge in [0.25, 0.3) is 0 Å². The van der Waals surface area contributed by atoms with Crippen LogP contribution in [0.5, 0.6) is 0 Å². The predicted molar refractivity (Wildman–Crippen MR) is 84.3 cm³/mol. The van der Waals surface area contributed by atoms with Gasteiger partial charge in [-0.25, -0.2) is 4.79 Å². The summed E-state index contributed by atoms with van der Waals surface area (Å²) in [5.41, 5.74) is 0.827. The number of likely N-dealkylation sites (N-methyl/N-ethyl adjacent to an activating group) is 1.